The van der Waals surface area contributed by atoms with Crippen LogP contribution in [0.2, 0.25) is 0 Å². The third-order valence-electron chi connectivity index (χ3n) is 3.48. The molecule has 0 radical (unpaired) electrons. The zero-order valence-electron chi connectivity index (χ0n) is 14.7. The first-order chi connectivity index (χ1) is 11.9. The maximum absolute atomic E-state index is 11.7. The summed E-state index contributed by atoms with van der Waals surface area (Å²) in [5, 5.41) is 12.5. The zero-order valence-corrected chi connectivity index (χ0v) is 15.5. The predicted molar refractivity (Wildman–Crippen MR) is 108 cm³/mol. The molecule has 0 aliphatic heterocycles. The summed E-state index contributed by atoms with van der Waals surface area (Å²) in [4.78, 5) is 11.7. The zero-order chi connectivity index (χ0) is 18.2. The van der Waals surface area contributed by atoms with E-state index in [1.165, 1.54) is 0 Å². The van der Waals surface area contributed by atoms with Crippen molar-refractivity contribution in [3.63, 3.8) is 0 Å². The Morgan fingerprint density at radius 1 is 1.04 bits per heavy atom. The molecule has 2 amide bonds. The van der Waals surface area contributed by atoms with Gasteiger partial charge in [0, 0.05) is 24.0 Å². The Morgan fingerprint density at radius 3 is 2.36 bits per heavy atom. The van der Waals surface area contributed by atoms with Crippen LogP contribution in [0.3, 0.4) is 0 Å². The van der Waals surface area contributed by atoms with Gasteiger partial charge in [-0.3, -0.25) is 0 Å². The number of thiocarbonyl (C=S) groups is 1. The summed E-state index contributed by atoms with van der Waals surface area (Å²) in [6, 6.07) is 15.5. The molecule has 5 nitrogen and oxygen atoms in total. The third kappa shape index (κ3) is 6.43. The highest BCUT2D eigenvalue weighted by Gasteiger charge is 2.04. The topological polar surface area (TPSA) is 65.2 Å². The molecule has 0 aliphatic carbocycles. The average molecular weight is 356 g/mol. The number of nitrogens with one attached hydrogen (secondary N) is 4. The fourth-order valence-corrected chi connectivity index (χ4v) is 2.38. The van der Waals surface area contributed by atoms with E-state index in [0.29, 0.717) is 11.7 Å². The van der Waals surface area contributed by atoms with Gasteiger partial charge < -0.3 is 21.3 Å². The highest BCUT2D eigenvalue weighted by atomic mass is 32.1. The Bertz CT molecular complexity index is 728. The summed E-state index contributed by atoms with van der Waals surface area (Å²) in [5.74, 6) is 0. The van der Waals surface area contributed by atoms with E-state index in [1.807, 2.05) is 69.3 Å². The van der Waals surface area contributed by atoms with E-state index in [4.69, 9.17) is 12.2 Å². The first-order valence-corrected chi connectivity index (χ1v) is 8.62. The largest absolute Gasteiger partial charge is 0.358 e. The molecule has 0 atom stereocenters. The van der Waals surface area contributed by atoms with E-state index in [-0.39, 0.29) is 12.1 Å². The first-order valence-electron chi connectivity index (χ1n) is 8.21. The predicted octanol–water partition coefficient (Wildman–Crippen LogP) is 4.01. The Morgan fingerprint density at radius 2 is 1.72 bits per heavy atom. The molecular weight excluding hydrogens is 332 g/mol. The lowest BCUT2D eigenvalue weighted by Crippen LogP contribution is -2.34. The van der Waals surface area contributed by atoms with Crippen LogP contribution in [0.5, 0.6) is 0 Å². The van der Waals surface area contributed by atoms with Gasteiger partial charge in [-0.1, -0.05) is 30.3 Å². The molecule has 0 saturated carbocycles. The molecule has 2 aromatic rings. The van der Waals surface area contributed by atoms with Crippen molar-refractivity contribution < 1.29 is 4.79 Å². The highest BCUT2D eigenvalue weighted by molar-refractivity contribution is 7.80. The fraction of sp³-hybridized carbons (Fsp3) is 0.263. The number of urea groups is 1. The molecule has 0 spiro atoms. The Labute approximate surface area is 154 Å². The van der Waals surface area contributed by atoms with Gasteiger partial charge in [0.1, 0.15) is 0 Å². The minimum atomic E-state index is -0.204. The lowest BCUT2D eigenvalue weighted by Gasteiger charge is -2.13. The number of aryl methyl sites for hydroxylation is 1. The summed E-state index contributed by atoms with van der Waals surface area (Å²) < 4.78 is 0. The van der Waals surface area contributed by atoms with Gasteiger partial charge in [-0.05, 0) is 62.3 Å². The SMILES string of the molecule is Cc1ccccc1NC(=S)NCc1ccc(NC(=O)NC(C)C)cc1. The van der Waals surface area contributed by atoms with E-state index in [2.05, 4.69) is 21.3 Å². The van der Waals surface area contributed by atoms with Gasteiger partial charge in [-0.2, -0.15) is 0 Å². The van der Waals surface area contributed by atoms with Crippen LogP contribution in [0.25, 0.3) is 0 Å². The minimum absolute atomic E-state index is 0.102. The molecule has 0 heterocycles. The van der Waals surface area contributed by atoms with Crippen LogP contribution < -0.4 is 21.3 Å². The van der Waals surface area contributed by atoms with Crippen molar-refractivity contribution in [1.29, 1.82) is 0 Å². The second-order valence-corrected chi connectivity index (χ2v) is 6.48. The summed E-state index contributed by atoms with van der Waals surface area (Å²) in [5.41, 5.74) is 3.96. The van der Waals surface area contributed by atoms with Crippen molar-refractivity contribution in [2.75, 3.05) is 10.6 Å². The number of carbonyl (C=O) groups is 1. The molecule has 2 rings (SSSR count). The number of amides is 2. The normalized spacial score (nSPS) is 10.2. The Kier molecular flexibility index (Phi) is 6.77. The lowest BCUT2D eigenvalue weighted by atomic mass is 10.2. The second-order valence-electron chi connectivity index (χ2n) is 6.07. The van der Waals surface area contributed by atoms with Crippen LogP contribution in [0, 0.1) is 6.92 Å². The van der Waals surface area contributed by atoms with Gasteiger partial charge in [0.25, 0.3) is 0 Å². The fourth-order valence-electron chi connectivity index (χ4n) is 2.20. The van der Waals surface area contributed by atoms with Gasteiger partial charge >= 0.3 is 6.03 Å². The summed E-state index contributed by atoms with van der Waals surface area (Å²) in [7, 11) is 0. The van der Waals surface area contributed by atoms with Crippen molar-refractivity contribution in [1.82, 2.24) is 10.6 Å². The maximum Gasteiger partial charge on any atom is 0.319 e. The molecular formula is C19H24N4OS. The summed E-state index contributed by atoms with van der Waals surface area (Å²) in [6.45, 7) is 6.48. The monoisotopic (exact) mass is 356 g/mol. The minimum Gasteiger partial charge on any atom is -0.358 e. The number of para-hydroxylation sites is 1. The standard InChI is InChI=1S/C19H24N4OS/c1-13(2)21-18(24)22-16-10-8-15(9-11-16)12-20-19(25)23-17-7-5-4-6-14(17)3/h4-11,13H,12H2,1-3H3,(H2,20,23,25)(H2,21,22,24). The average Bonchev–Trinajstić information content (AvgIpc) is 2.55. The number of hydrogen-bond donors (Lipinski definition) is 4. The molecule has 2 aromatic carbocycles. The van der Waals surface area contributed by atoms with Crippen molar-refractivity contribution >= 4 is 34.7 Å². The van der Waals surface area contributed by atoms with Crippen LogP contribution in [0.4, 0.5) is 16.2 Å². The second kappa shape index (κ2) is 9.03. The molecule has 132 valence electrons. The Hall–Kier alpha value is -2.60. The molecule has 0 aromatic heterocycles. The van der Waals surface area contributed by atoms with Crippen molar-refractivity contribution in [3.05, 3.63) is 59.7 Å². The number of benzene rings is 2. The first kappa shape index (κ1) is 18.7. The quantitative estimate of drug-likeness (QED) is 0.611. The lowest BCUT2D eigenvalue weighted by molar-refractivity contribution is 0.250. The molecule has 0 unspecified atom stereocenters. The van der Waals surface area contributed by atoms with Crippen molar-refractivity contribution in [3.8, 4) is 0 Å². The van der Waals surface area contributed by atoms with Gasteiger partial charge in [0.05, 0.1) is 0 Å². The van der Waals surface area contributed by atoms with Crippen LogP contribution in [0.15, 0.2) is 48.5 Å². The molecule has 0 saturated heterocycles. The van der Waals surface area contributed by atoms with Crippen LogP contribution in [0.1, 0.15) is 25.0 Å². The van der Waals surface area contributed by atoms with Gasteiger partial charge in [-0.15, -0.1) is 0 Å². The van der Waals surface area contributed by atoms with Gasteiger partial charge in [0.2, 0.25) is 0 Å². The van der Waals surface area contributed by atoms with E-state index in [9.17, 15) is 4.79 Å². The van der Waals surface area contributed by atoms with Crippen molar-refractivity contribution in [2.45, 2.75) is 33.4 Å². The van der Waals surface area contributed by atoms with E-state index >= 15 is 0 Å². The van der Waals surface area contributed by atoms with Crippen LogP contribution in [-0.2, 0) is 6.54 Å². The third-order valence-corrected chi connectivity index (χ3v) is 3.72. The number of carbonyl (C=O) groups excluding carboxylic acids is 1. The highest BCUT2D eigenvalue weighted by Crippen LogP contribution is 2.13. The molecule has 0 aliphatic rings. The number of rotatable bonds is 5. The summed E-state index contributed by atoms with van der Waals surface area (Å²) >= 11 is 5.33. The van der Waals surface area contributed by atoms with Crippen LogP contribution >= 0.6 is 12.2 Å². The van der Waals surface area contributed by atoms with E-state index in [1.54, 1.807) is 0 Å². The van der Waals surface area contributed by atoms with Crippen LogP contribution in [-0.4, -0.2) is 17.2 Å². The smallest absolute Gasteiger partial charge is 0.319 e. The van der Waals surface area contributed by atoms with Gasteiger partial charge in [0.15, 0.2) is 5.11 Å². The van der Waals surface area contributed by atoms with Gasteiger partial charge in [-0.25, -0.2) is 4.79 Å². The maximum atomic E-state index is 11.7. The summed E-state index contributed by atoms with van der Waals surface area (Å²) in [6.07, 6.45) is 0. The van der Waals surface area contributed by atoms with Crippen molar-refractivity contribution in [2.24, 2.45) is 0 Å². The molecule has 0 fully saturated rings. The number of hydrogen-bond acceptors (Lipinski definition) is 2. The molecule has 0 bridgehead atoms. The molecule has 6 heteroatoms. The number of anilines is 2. The van der Waals surface area contributed by atoms with E-state index in [0.717, 1.165) is 22.5 Å². The molecule has 4 N–H and O–H groups in total. The molecule has 25 heavy (non-hydrogen) atoms. The Balaban J connectivity index is 1.82. The van der Waals surface area contributed by atoms with E-state index < -0.39 is 0 Å².